The number of rotatable bonds is 3. The highest BCUT2D eigenvalue weighted by atomic mass is 127. The molecule has 0 amide bonds. The van der Waals surface area contributed by atoms with Crippen LogP contribution < -0.4 is 5.73 Å². The zero-order valence-corrected chi connectivity index (χ0v) is 13.7. The summed E-state index contributed by atoms with van der Waals surface area (Å²) in [4.78, 5) is 9.14. The molecule has 1 heterocycles. The van der Waals surface area contributed by atoms with E-state index < -0.39 is 0 Å². The van der Waals surface area contributed by atoms with Crippen LogP contribution in [-0.2, 0) is 6.42 Å². The quantitative estimate of drug-likeness (QED) is 0.838. The van der Waals surface area contributed by atoms with Crippen molar-refractivity contribution >= 4 is 28.4 Å². The monoisotopic (exact) mass is 367 g/mol. The molecule has 0 aliphatic carbocycles. The van der Waals surface area contributed by atoms with Crippen LogP contribution in [0.25, 0.3) is 11.4 Å². The number of aromatic nitrogens is 2. The van der Waals surface area contributed by atoms with Gasteiger partial charge in [-0.2, -0.15) is 0 Å². The molecule has 2 aromatic rings. The summed E-state index contributed by atoms with van der Waals surface area (Å²) in [6, 6.07) is 6.32. The molecule has 1 aromatic carbocycles. The minimum absolute atomic E-state index is 0.579. The van der Waals surface area contributed by atoms with Crippen LogP contribution in [-0.4, -0.2) is 9.97 Å². The molecule has 19 heavy (non-hydrogen) atoms. The van der Waals surface area contributed by atoms with E-state index in [2.05, 4.69) is 66.5 Å². The Morgan fingerprint density at radius 2 is 1.95 bits per heavy atom. The van der Waals surface area contributed by atoms with Crippen molar-refractivity contribution in [1.29, 1.82) is 0 Å². The van der Waals surface area contributed by atoms with Gasteiger partial charge in [0.1, 0.15) is 5.82 Å². The highest BCUT2D eigenvalue weighted by molar-refractivity contribution is 14.1. The van der Waals surface area contributed by atoms with Gasteiger partial charge < -0.3 is 5.73 Å². The van der Waals surface area contributed by atoms with Gasteiger partial charge in [-0.3, -0.25) is 0 Å². The SMILES string of the molecule is CCCc1nc(-c2cc(C)ccc2C)nc(N)c1I. The van der Waals surface area contributed by atoms with Crippen molar-refractivity contribution in [2.75, 3.05) is 5.73 Å². The second-order valence-electron chi connectivity index (χ2n) is 4.76. The smallest absolute Gasteiger partial charge is 0.162 e. The molecule has 0 spiro atoms. The Morgan fingerprint density at radius 1 is 1.21 bits per heavy atom. The zero-order valence-electron chi connectivity index (χ0n) is 11.5. The van der Waals surface area contributed by atoms with Crippen molar-refractivity contribution in [3.63, 3.8) is 0 Å². The van der Waals surface area contributed by atoms with Gasteiger partial charge in [0.2, 0.25) is 0 Å². The first-order valence-electron chi connectivity index (χ1n) is 6.42. The number of hydrogen-bond donors (Lipinski definition) is 1. The fourth-order valence-corrected chi connectivity index (χ4v) is 2.52. The Morgan fingerprint density at radius 3 is 2.63 bits per heavy atom. The van der Waals surface area contributed by atoms with E-state index >= 15 is 0 Å². The van der Waals surface area contributed by atoms with Crippen molar-refractivity contribution in [2.24, 2.45) is 0 Å². The molecule has 0 fully saturated rings. The van der Waals surface area contributed by atoms with Crippen molar-refractivity contribution in [2.45, 2.75) is 33.6 Å². The van der Waals surface area contributed by atoms with Crippen molar-refractivity contribution in [3.8, 4) is 11.4 Å². The molecule has 0 bridgehead atoms. The van der Waals surface area contributed by atoms with Gasteiger partial charge in [0.15, 0.2) is 5.82 Å². The predicted molar refractivity (Wildman–Crippen MR) is 88.1 cm³/mol. The topological polar surface area (TPSA) is 51.8 Å². The van der Waals surface area contributed by atoms with Crippen LogP contribution >= 0.6 is 22.6 Å². The van der Waals surface area contributed by atoms with E-state index in [9.17, 15) is 0 Å². The third-order valence-corrected chi connectivity index (χ3v) is 4.24. The summed E-state index contributed by atoms with van der Waals surface area (Å²) in [5.74, 6) is 1.32. The number of hydrogen-bond acceptors (Lipinski definition) is 3. The average Bonchev–Trinajstić information content (AvgIpc) is 2.38. The number of halogens is 1. The second-order valence-corrected chi connectivity index (χ2v) is 5.84. The number of nitrogens with zero attached hydrogens (tertiary/aromatic N) is 2. The lowest BCUT2D eigenvalue weighted by Gasteiger charge is -2.10. The van der Waals surface area contributed by atoms with Crippen LogP contribution in [0.15, 0.2) is 18.2 Å². The maximum atomic E-state index is 6.02. The number of nitrogens with two attached hydrogens (primary N) is 1. The molecule has 0 saturated heterocycles. The highest BCUT2D eigenvalue weighted by Gasteiger charge is 2.12. The molecular weight excluding hydrogens is 349 g/mol. The Bertz CT molecular complexity index is 609. The van der Waals surface area contributed by atoms with E-state index in [1.54, 1.807) is 0 Å². The maximum absolute atomic E-state index is 6.02. The zero-order chi connectivity index (χ0) is 14.0. The lowest BCUT2D eigenvalue weighted by molar-refractivity contribution is 0.869. The highest BCUT2D eigenvalue weighted by Crippen LogP contribution is 2.26. The summed E-state index contributed by atoms with van der Waals surface area (Å²) in [6.07, 6.45) is 1.99. The van der Waals surface area contributed by atoms with Crippen LogP contribution in [0, 0.1) is 17.4 Å². The molecule has 0 unspecified atom stereocenters. The average molecular weight is 367 g/mol. The van der Waals surface area contributed by atoms with Crippen LogP contribution in [0.5, 0.6) is 0 Å². The molecule has 2 N–H and O–H groups in total. The molecule has 0 saturated carbocycles. The Hall–Kier alpha value is -1.17. The van der Waals surface area contributed by atoms with Crippen LogP contribution in [0.4, 0.5) is 5.82 Å². The molecule has 0 aliphatic heterocycles. The number of nitrogen functional groups attached to an aromatic ring is 1. The third kappa shape index (κ3) is 3.05. The molecule has 0 aliphatic rings. The number of benzene rings is 1. The first kappa shape index (κ1) is 14.2. The van der Waals surface area contributed by atoms with E-state index in [1.807, 2.05) is 0 Å². The van der Waals surface area contributed by atoms with Gasteiger partial charge in [0.05, 0.1) is 9.26 Å². The number of anilines is 1. The molecule has 0 atom stereocenters. The Kier molecular flexibility index (Phi) is 4.39. The normalized spacial score (nSPS) is 10.7. The molecule has 3 nitrogen and oxygen atoms in total. The van der Waals surface area contributed by atoms with E-state index in [4.69, 9.17) is 10.7 Å². The van der Waals surface area contributed by atoms with Gasteiger partial charge in [-0.1, -0.05) is 31.0 Å². The van der Waals surface area contributed by atoms with E-state index in [0.29, 0.717) is 5.82 Å². The lowest BCUT2D eigenvalue weighted by atomic mass is 10.0. The maximum Gasteiger partial charge on any atom is 0.162 e. The van der Waals surface area contributed by atoms with Gasteiger partial charge >= 0.3 is 0 Å². The van der Waals surface area contributed by atoms with Gasteiger partial charge in [-0.05, 0) is 54.5 Å². The second kappa shape index (κ2) is 5.86. The molecule has 100 valence electrons. The fraction of sp³-hybridized carbons (Fsp3) is 0.333. The third-order valence-electron chi connectivity index (χ3n) is 3.07. The number of aryl methyl sites for hydroxylation is 3. The van der Waals surface area contributed by atoms with E-state index in [1.165, 1.54) is 11.1 Å². The van der Waals surface area contributed by atoms with Crippen molar-refractivity contribution < 1.29 is 0 Å². The minimum Gasteiger partial charge on any atom is -0.383 e. The predicted octanol–water partition coefficient (Wildman–Crippen LogP) is 3.90. The molecule has 0 radical (unpaired) electrons. The van der Waals surface area contributed by atoms with E-state index in [-0.39, 0.29) is 0 Å². The molecule has 4 heteroatoms. The van der Waals surface area contributed by atoms with Gasteiger partial charge in [-0.15, -0.1) is 0 Å². The lowest BCUT2D eigenvalue weighted by Crippen LogP contribution is -2.05. The summed E-state index contributed by atoms with van der Waals surface area (Å²) >= 11 is 2.23. The Labute approximate surface area is 127 Å². The van der Waals surface area contributed by atoms with Gasteiger partial charge in [0, 0.05) is 5.56 Å². The summed E-state index contributed by atoms with van der Waals surface area (Å²) in [5.41, 5.74) is 10.5. The van der Waals surface area contributed by atoms with Crippen LogP contribution in [0.1, 0.15) is 30.2 Å². The summed E-state index contributed by atoms with van der Waals surface area (Å²) in [5, 5.41) is 0. The van der Waals surface area contributed by atoms with Crippen LogP contribution in [0.3, 0.4) is 0 Å². The van der Waals surface area contributed by atoms with Crippen LogP contribution in [0.2, 0.25) is 0 Å². The molecular formula is C15H18IN3. The first-order valence-corrected chi connectivity index (χ1v) is 7.50. The minimum atomic E-state index is 0.579. The fourth-order valence-electron chi connectivity index (χ4n) is 2.01. The van der Waals surface area contributed by atoms with E-state index in [0.717, 1.165) is 33.5 Å². The largest absolute Gasteiger partial charge is 0.383 e. The molecule has 2 rings (SSSR count). The summed E-state index contributed by atoms with van der Waals surface area (Å²) in [7, 11) is 0. The Balaban J connectivity index is 2.59. The van der Waals surface area contributed by atoms with Crippen molar-refractivity contribution in [1.82, 2.24) is 9.97 Å². The van der Waals surface area contributed by atoms with Gasteiger partial charge in [0.25, 0.3) is 0 Å². The molecule has 1 aromatic heterocycles. The first-order chi connectivity index (χ1) is 9.02. The summed E-state index contributed by atoms with van der Waals surface area (Å²) < 4.78 is 0.980. The summed E-state index contributed by atoms with van der Waals surface area (Å²) in [6.45, 7) is 6.30. The van der Waals surface area contributed by atoms with Crippen molar-refractivity contribution in [3.05, 3.63) is 38.6 Å². The standard InChI is InChI=1S/C15H18IN3/c1-4-5-12-13(16)14(17)19-15(18-12)11-8-9(2)6-7-10(11)3/h6-8H,4-5H2,1-3H3,(H2,17,18,19). The van der Waals surface area contributed by atoms with Gasteiger partial charge in [-0.25, -0.2) is 9.97 Å².